The summed E-state index contributed by atoms with van der Waals surface area (Å²) < 4.78 is 32.6. The van der Waals surface area contributed by atoms with E-state index in [0.717, 1.165) is 44.4 Å². The van der Waals surface area contributed by atoms with Crippen molar-refractivity contribution in [2.75, 3.05) is 26.4 Å². The molecule has 0 bridgehead atoms. The van der Waals surface area contributed by atoms with E-state index in [1.165, 1.54) is 77.0 Å². The van der Waals surface area contributed by atoms with Gasteiger partial charge in [0.1, 0.15) is 6.61 Å². The van der Waals surface area contributed by atoms with Gasteiger partial charge in [-0.25, -0.2) is 4.57 Å². The average molecular weight is 664 g/mol. The molecule has 0 saturated carbocycles. The molecule has 45 heavy (non-hydrogen) atoms. The van der Waals surface area contributed by atoms with Crippen molar-refractivity contribution in [3.8, 4) is 0 Å². The lowest BCUT2D eigenvalue weighted by atomic mass is 9.89. The first-order valence-corrected chi connectivity index (χ1v) is 19.5. The number of carbonyl (C=O) groups excluding carboxylic acids is 2. The zero-order valence-corrected chi connectivity index (χ0v) is 30.6. The molecular weight excluding hydrogens is 593 g/mol. The molecule has 0 spiro atoms. The Hall–Kier alpha value is -0.990. The summed E-state index contributed by atoms with van der Waals surface area (Å²) in [5, 5.41) is 0. The first-order chi connectivity index (χ1) is 21.3. The van der Waals surface area contributed by atoms with Gasteiger partial charge in [-0.05, 0) is 30.6 Å². The van der Waals surface area contributed by atoms with Crippen molar-refractivity contribution in [1.82, 2.24) is 0 Å². The summed E-state index contributed by atoms with van der Waals surface area (Å²) >= 11 is 0. The van der Waals surface area contributed by atoms with Gasteiger partial charge in [0, 0.05) is 19.4 Å². The standard InChI is InChI=1S/C35H70NO8P/c1-31(2)23-19-15-11-7-6-8-13-17-21-25-34(38)44-32(30-43-45(39,40)42-28-27-36)29-41-33(37)24-20-16-12-9-10-14-18-22-26-35(3,4)5/h31-32H,6-30,36H2,1-5H3,(H,39,40)/t32-/m0/s1. The molecular formula is C35H70NO8P. The number of hydrogen-bond donors (Lipinski definition) is 2. The number of rotatable bonds is 31. The van der Waals surface area contributed by atoms with Crippen LogP contribution in [0.2, 0.25) is 0 Å². The molecule has 0 aromatic rings. The number of esters is 2. The summed E-state index contributed by atoms with van der Waals surface area (Å²) in [5.41, 5.74) is 5.73. The quantitative estimate of drug-likeness (QED) is 0.0422. The van der Waals surface area contributed by atoms with Gasteiger partial charge in [-0.2, -0.15) is 0 Å². The molecule has 0 fully saturated rings. The van der Waals surface area contributed by atoms with Crippen molar-refractivity contribution in [1.29, 1.82) is 0 Å². The molecule has 0 saturated heterocycles. The predicted octanol–water partition coefficient (Wildman–Crippen LogP) is 9.43. The van der Waals surface area contributed by atoms with E-state index in [0.29, 0.717) is 11.8 Å². The van der Waals surface area contributed by atoms with Crippen LogP contribution in [0.3, 0.4) is 0 Å². The van der Waals surface area contributed by atoms with Crippen molar-refractivity contribution < 1.29 is 37.6 Å². The van der Waals surface area contributed by atoms with E-state index in [9.17, 15) is 19.0 Å². The number of unbranched alkanes of at least 4 members (excludes halogenated alkanes) is 15. The highest BCUT2D eigenvalue weighted by molar-refractivity contribution is 7.47. The Morgan fingerprint density at radius 3 is 1.64 bits per heavy atom. The van der Waals surface area contributed by atoms with Gasteiger partial charge in [0.2, 0.25) is 0 Å². The first kappa shape index (κ1) is 44.0. The van der Waals surface area contributed by atoms with Gasteiger partial charge in [0.25, 0.3) is 0 Å². The first-order valence-electron chi connectivity index (χ1n) is 18.0. The third-order valence-electron chi connectivity index (χ3n) is 7.74. The van der Waals surface area contributed by atoms with Crippen LogP contribution in [-0.2, 0) is 32.7 Å². The third kappa shape index (κ3) is 32.7. The normalized spacial score (nSPS) is 14.0. The molecule has 0 aromatic carbocycles. The average Bonchev–Trinajstić information content (AvgIpc) is 2.96. The molecule has 2 atom stereocenters. The zero-order chi connectivity index (χ0) is 33.8. The Balaban J connectivity index is 4.27. The van der Waals surface area contributed by atoms with Crippen LogP contribution in [0.5, 0.6) is 0 Å². The number of hydrogen-bond acceptors (Lipinski definition) is 8. The topological polar surface area (TPSA) is 134 Å². The Labute approximate surface area is 276 Å². The van der Waals surface area contributed by atoms with E-state index < -0.39 is 26.5 Å². The summed E-state index contributed by atoms with van der Waals surface area (Å²) in [4.78, 5) is 34.6. The van der Waals surface area contributed by atoms with E-state index in [1.807, 2.05) is 0 Å². The second-order valence-corrected chi connectivity index (χ2v) is 15.6. The molecule has 268 valence electrons. The van der Waals surface area contributed by atoms with Crippen LogP contribution >= 0.6 is 7.82 Å². The highest BCUT2D eigenvalue weighted by Crippen LogP contribution is 2.43. The Morgan fingerprint density at radius 1 is 0.689 bits per heavy atom. The van der Waals surface area contributed by atoms with E-state index in [4.69, 9.17) is 24.3 Å². The largest absolute Gasteiger partial charge is 0.472 e. The van der Waals surface area contributed by atoms with Crippen LogP contribution in [0.15, 0.2) is 0 Å². The summed E-state index contributed by atoms with van der Waals surface area (Å²) in [6, 6.07) is 0. The second-order valence-electron chi connectivity index (χ2n) is 14.2. The molecule has 0 aromatic heterocycles. The fourth-order valence-corrected chi connectivity index (χ4v) is 5.81. The SMILES string of the molecule is CC(C)CCCCCCCCCCCC(=O)O[C@@H](COC(=O)CCCCCCCCCCC(C)(C)C)COP(=O)(O)OCCN. The van der Waals surface area contributed by atoms with Crippen LogP contribution in [0.1, 0.15) is 169 Å². The zero-order valence-electron chi connectivity index (χ0n) is 29.7. The molecule has 3 N–H and O–H groups in total. The van der Waals surface area contributed by atoms with Crippen molar-refractivity contribution in [3.63, 3.8) is 0 Å². The van der Waals surface area contributed by atoms with Crippen LogP contribution in [-0.4, -0.2) is 49.3 Å². The van der Waals surface area contributed by atoms with Crippen molar-refractivity contribution >= 4 is 19.8 Å². The van der Waals surface area contributed by atoms with Crippen molar-refractivity contribution in [2.45, 2.75) is 176 Å². The molecule has 0 rings (SSSR count). The van der Waals surface area contributed by atoms with Gasteiger partial charge >= 0.3 is 19.8 Å². The summed E-state index contributed by atoms with van der Waals surface area (Å²) in [6.45, 7) is 10.6. The summed E-state index contributed by atoms with van der Waals surface area (Å²) in [7, 11) is -4.36. The van der Waals surface area contributed by atoms with E-state index in [-0.39, 0.29) is 38.6 Å². The van der Waals surface area contributed by atoms with Crippen molar-refractivity contribution in [2.24, 2.45) is 17.1 Å². The minimum absolute atomic E-state index is 0.0552. The number of nitrogens with two attached hydrogens (primary N) is 1. The lowest BCUT2D eigenvalue weighted by molar-refractivity contribution is -0.161. The van der Waals surface area contributed by atoms with Crippen LogP contribution in [0.4, 0.5) is 0 Å². The highest BCUT2D eigenvalue weighted by atomic mass is 31.2. The maximum atomic E-state index is 12.5. The third-order valence-corrected chi connectivity index (χ3v) is 8.73. The molecule has 0 amide bonds. The smallest absolute Gasteiger partial charge is 0.462 e. The van der Waals surface area contributed by atoms with Gasteiger partial charge < -0.3 is 20.1 Å². The van der Waals surface area contributed by atoms with E-state index in [2.05, 4.69) is 34.6 Å². The number of phosphoric ester groups is 1. The lowest BCUT2D eigenvalue weighted by Crippen LogP contribution is -2.29. The maximum absolute atomic E-state index is 12.5. The Bertz CT molecular complexity index is 771. The molecule has 0 radical (unpaired) electrons. The maximum Gasteiger partial charge on any atom is 0.472 e. The van der Waals surface area contributed by atoms with Crippen LogP contribution in [0, 0.1) is 11.3 Å². The summed E-state index contributed by atoms with van der Waals surface area (Å²) in [5.74, 6) is -0.0437. The number of ether oxygens (including phenoxy) is 2. The minimum atomic E-state index is -4.36. The molecule has 0 heterocycles. The van der Waals surface area contributed by atoms with Gasteiger partial charge in [-0.15, -0.1) is 0 Å². The van der Waals surface area contributed by atoms with Gasteiger partial charge in [-0.1, -0.05) is 137 Å². The fourth-order valence-electron chi connectivity index (χ4n) is 5.05. The molecule has 10 heteroatoms. The van der Waals surface area contributed by atoms with Gasteiger partial charge in [0.05, 0.1) is 13.2 Å². The van der Waals surface area contributed by atoms with Crippen molar-refractivity contribution in [3.05, 3.63) is 0 Å². The highest BCUT2D eigenvalue weighted by Gasteiger charge is 2.26. The van der Waals surface area contributed by atoms with Gasteiger partial charge in [0.15, 0.2) is 6.10 Å². The lowest BCUT2D eigenvalue weighted by Gasteiger charge is -2.19. The number of carbonyl (C=O) groups is 2. The monoisotopic (exact) mass is 663 g/mol. The summed E-state index contributed by atoms with van der Waals surface area (Å²) in [6.07, 6.45) is 21.4. The van der Waals surface area contributed by atoms with E-state index in [1.54, 1.807) is 0 Å². The molecule has 0 aliphatic carbocycles. The van der Waals surface area contributed by atoms with Crippen LogP contribution < -0.4 is 5.73 Å². The van der Waals surface area contributed by atoms with E-state index >= 15 is 0 Å². The number of phosphoric acid groups is 1. The van der Waals surface area contributed by atoms with Crippen LogP contribution in [0.25, 0.3) is 0 Å². The fraction of sp³-hybridized carbons (Fsp3) is 0.943. The molecule has 1 unspecified atom stereocenters. The molecule has 0 aliphatic heterocycles. The Kier molecular flexibility index (Phi) is 27.4. The Morgan fingerprint density at radius 2 is 1.16 bits per heavy atom. The predicted molar refractivity (Wildman–Crippen MR) is 183 cm³/mol. The molecule has 9 nitrogen and oxygen atoms in total. The van der Waals surface area contributed by atoms with Gasteiger partial charge in [-0.3, -0.25) is 18.6 Å². The second kappa shape index (κ2) is 28.1. The molecule has 0 aliphatic rings. The minimum Gasteiger partial charge on any atom is -0.462 e.